The summed E-state index contributed by atoms with van der Waals surface area (Å²) in [5.74, 6) is 1.04. The van der Waals surface area contributed by atoms with E-state index in [4.69, 9.17) is 0 Å². The normalized spacial score (nSPS) is 14.0. The molecular formula is C19H20N4OS. The Hall–Kier alpha value is -2.47. The van der Waals surface area contributed by atoms with Gasteiger partial charge in [0, 0.05) is 29.2 Å². The van der Waals surface area contributed by atoms with Crippen LogP contribution in [0, 0.1) is 0 Å². The van der Waals surface area contributed by atoms with Crippen molar-refractivity contribution in [1.29, 1.82) is 0 Å². The molecule has 6 heteroatoms. The van der Waals surface area contributed by atoms with Crippen molar-refractivity contribution in [3.63, 3.8) is 0 Å². The van der Waals surface area contributed by atoms with Gasteiger partial charge < -0.3 is 10.2 Å². The van der Waals surface area contributed by atoms with E-state index in [-0.39, 0.29) is 5.91 Å². The molecule has 0 spiro atoms. The second-order valence-electron chi connectivity index (χ2n) is 6.11. The van der Waals surface area contributed by atoms with E-state index in [1.165, 1.54) is 10.4 Å². The molecule has 3 aromatic rings. The Morgan fingerprint density at radius 3 is 2.88 bits per heavy atom. The van der Waals surface area contributed by atoms with Crippen molar-refractivity contribution in [3.8, 4) is 0 Å². The topological polar surface area (TPSA) is 58.1 Å². The number of benzene rings is 1. The predicted molar refractivity (Wildman–Crippen MR) is 103 cm³/mol. The lowest BCUT2D eigenvalue weighted by Gasteiger charge is -2.28. The van der Waals surface area contributed by atoms with Crippen molar-refractivity contribution < 1.29 is 4.79 Å². The van der Waals surface area contributed by atoms with E-state index in [1.54, 1.807) is 17.7 Å². The fourth-order valence-electron chi connectivity index (χ4n) is 3.30. The van der Waals surface area contributed by atoms with Crippen LogP contribution in [0.1, 0.15) is 30.7 Å². The first-order chi connectivity index (χ1) is 12.2. The average molecular weight is 352 g/mol. The third kappa shape index (κ3) is 2.87. The molecule has 0 bridgehead atoms. The van der Waals surface area contributed by atoms with Gasteiger partial charge in [0.2, 0.25) is 5.91 Å². The lowest BCUT2D eigenvalue weighted by molar-refractivity contribution is -0.118. The first kappa shape index (κ1) is 16.0. The molecule has 1 amide bonds. The molecule has 0 aliphatic carbocycles. The van der Waals surface area contributed by atoms with E-state index >= 15 is 0 Å². The maximum Gasteiger partial charge on any atom is 0.227 e. The number of anilines is 3. The molecule has 1 aliphatic heterocycles. The van der Waals surface area contributed by atoms with Crippen LogP contribution in [0.2, 0.25) is 0 Å². The highest BCUT2D eigenvalue weighted by Crippen LogP contribution is 2.33. The van der Waals surface area contributed by atoms with Gasteiger partial charge in [-0.3, -0.25) is 4.79 Å². The summed E-state index contributed by atoms with van der Waals surface area (Å²) in [5.41, 5.74) is 3.23. The highest BCUT2D eigenvalue weighted by Gasteiger charge is 2.22. The van der Waals surface area contributed by atoms with Crippen molar-refractivity contribution in [2.75, 3.05) is 16.8 Å². The zero-order valence-electron chi connectivity index (χ0n) is 14.4. The molecule has 0 fully saturated rings. The van der Waals surface area contributed by atoms with Gasteiger partial charge in [0.05, 0.1) is 5.39 Å². The lowest BCUT2D eigenvalue weighted by Crippen LogP contribution is -2.34. The number of aryl methyl sites for hydroxylation is 2. The number of thiophene rings is 1. The first-order valence-electron chi connectivity index (χ1n) is 8.63. The molecule has 0 saturated heterocycles. The summed E-state index contributed by atoms with van der Waals surface area (Å²) in [6.45, 7) is 4.87. The number of fused-ring (bicyclic) bond motifs is 2. The zero-order chi connectivity index (χ0) is 17.4. The Labute approximate surface area is 150 Å². The van der Waals surface area contributed by atoms with E-state index in [9.17, 15) is 4.79 Å². The summed E-state index contributed by atoms with van der Waals surface area (Å²) >= 11 is 1.71. The van der Waals surface area contributed by atoms with Crippen LogP contribution in [0.5, 0.6) is 0 Å². The minimum atomic E-state index is 0.207. The number of rotatable bonds is 4. The number of carbonyl (C=O) groups is 1. The zero-order valence-corrected chi connectivity index (χ0v) is 15.2. The summed E-state index contributed by atoms with van der Waals surface area (Å²) in [7, 11) is 0. The summed E-state index contributed by atoms with van der Waals surface area (Å²) < 4.78 is 0. The third-order valence-electron chi connectivity index (χ3n) is 4.59. The molecule has 1 N–H and O–H groups in total. The minimum absolute atomic E-state index is 0.207. The molecule has 3 heterocycles. The fourth-order valence-corrected chi connectivity index (χ4v) is 4.24. The summed E-state index contributed by atoms with van der Waals surface area (Å²) in [6, 6.07) is 8.34. The van der Waals surface area contributed by atoms with Crippen molar-refractivity contribution in [1.82, 2.24) is 9.97 Å². The number of carbonyl (C=O) groups excluding carboxylic acids is 1. The molecule has 25 heavy (non-hydrogen) atoms. The van der Waals surface area contributed by atoms with Gasteiger partial charge in [-0.15, -0.1) is 11.3 Å². The van der Waals surface area contributed by atoms with Crippen LogP contribution in [0.4, 0.5) is 17.2 Å². The molecule has 2 aromatic heterocycles. The van der Waals surface area contributed by atoms with Gasteiger partial charge in [-0.05, 0) is 49.6 Å². The van der Waals surface area contributed by atoms with E-state index < -0.39 is 0 Å². The van der Waals surface area contributed by atoms with Crippen molar-refractivity contribution in [2.45, 2.75) is 33.1 Å². The molecule has 0 saturated carbocycles. The Morgan fingerprint density at radius 1 is 1.20 bits per heavy atom. The number of hydrogen-bond acceptors (Lipinski definition) is 5. The van der Waals surface area contributed by atoms with Gasteiger partial charge in [0.15, 0.2) is 0 Å². The Bertz CT molecular complexity index is 950. The fraction of sp³-hybridized carbons (Fsp3) is 0.316. The standard InChI is InChI=1S/C19H20N4OS/c1-3-14-10-15-18(20-11-21-19(15)25-14)22-13-6-7-16-12(9-13)5-8-17(24)23(16)4-2/h6-7,9-11H,3-5,8H2,1-2H3,(H,20,21,22). The van der Waals surface area contributed by atoms with Gasteiger partial charge in [0.25, 0.3) is 0 Å². The Morgan fingerprint density at radius 2 is 2.08 bits per heavy atom. The second kappa shape index (κ2) is 6.44. The molecular weight excluding hydrogens is 332 g/mol. The number of aromatic nitrogens is 2. The third-order valence-corrected chi connectivity index (χ3v) is 5.77. The molecule has 128 valence electrons. The van der Waals surface area contributed by atoms with Crippen LogP contribution in [0.25, 0.3) is 10.2 Å². The van der Waals surface area contributed by atoms with Gasteiger partial charge in [-0.1, -0.05) is 6.92 Å². The van der Waals surface area contributed by atoms with Gasteiger partial charge in [-0.2, -0.15) is 0 Å². The van der Waals surface area contributed by atoms with Gasteiger partial charge in [-0.25, -0.2) is 9.97 Å². The molecule has 1 aliphatic rings. The highest BCUT2D eigenvalue weighted by molar-refractivity contribution is 7.18. The number of nitrogens with zero attached hydrogens (tertiary/aromatic N) is 3. The summed E-state index contributed by atoms with van der Waals surface area (Å²) in [5, 5.41) is 4.49. The van der Waals surface area contributed by atoms with Crippen LogP contribution >= 0.6 is 11.3 Å². The molecule has 1 aromatic carbocycles. The van der Waals surface area contributed by atoms with Crippen molar-refractivity contribution in [2.24, 2.45) is 0 Å². The lowest BCUT2D eigenvalue weighted by atomic mass is 10.0. The average Bonchev–Trinajstić information content (AvgIpc) is 3.06. The van der Waals surface area contributed by atoms with Crippen LogP contribution in [0.3, 0.4) is 0 Å². The molecule has 0 unspecified atom stereocenters. The van der Waals surface area contributed by atoms with Crippen molar-refractivity contribution >= 4 is 44.7 Å². The Balaban J connectivity index is 1.68. The summed E-state index contributed by atoms with van der Waals surface area (Å²) in [6.07, 6.45) is 3.97. The van der Waals surface area contributed by atoms with Crippen LogP contribution in [-0.4, -0.2) is 22.4 Å². The highest BCUT2D eigenvalue weighted by atomic mass is 32.1. The minimum Gasteiger partial charge on any atom is -0.340 e. The molecule has 4 rings (SSSR count). The quantitative estimate of drug-likeness (QED) is 0.761. The monoisotopic (exact) mass is 352 g/mol. The van der Waals surface area contributed by atoms with E-state index in [1.807, 2.05) is 24.0 Å². The van der Waals surface area contributed by atoms with Crippen LogP contribution < -0.4 is 10.2 Å². The maximum atomic E-state index is 12.0. The van der Waals surface area contributed by atoms with Crippen molar-refractivity contribution in [3.05, 3.63) is 41.0 Å². The maximum absolute atomic E-state index is 12.0. The predicted octanol–water partition coefficient (Wildman–Crippen LogP) is 4.30. The Kier molecular flexibility index (Phi) is 4.13. The first-order valence-corrected chi connectivity index (χ1v) is 9.45. The van der Waals surface area contributed by atoms with E-state index in [0.29, 0.717) is 13.0 Å². The molecule has 0 radical (unpaired) electrons. The number of hydrogen-bond donors (Lipinski definition) is 1. The van der Waals surface area contributed by atoms with E-state index in [0.717, 1.165) is 40.3 Å². The SMILES string of the molecule is CCc1cc2c(Nc3ccc4c(c3)CCC(=O)N4CC)ncnc2s1. The van der Waals surface area contributed by atoms with Crippen LogP contribution in [-0.2, 0) is 17.6 Å². The molecule has 5 nitrogen and oxygen atoms in total. The number of amides is 1. The van der Waals surface area contributed by atoms with Crippen LogP contribution in [0.15, 0.2) is 30.6 Å². The van der Waals surface area contributed by atoms with Gasteiger partial charge in [0.1, 0.15) is 17.0 Å². The second-order valence-corrected chi connectivity index (χ2v) is 7.23. The van der Waals surface area contributed by atoms with E-state index in [2.05, 4.69) is 34.3 Å². The summed E-state index contributed by atoms with van der Waals surface area (Å²) in [4.78, 5) is 25.0. The van der Waals surface area contributed by atoms with Gasteiger partial charge >= 0.3 is 0 Å². The largest absolute Gasteiger partial charge is 0.340 e. The number of nitrogens with one attached hydrogen (secondary N) is 1. The smallest absolute Gasteiger partial charge is 0.227 e. The molecule has 0 atom stereocenters.